The van der Waals surface area contributed by atoms with Crippen LogP contribution >= 0.6 is 11.3 Å². The van der Waals surface area contributed by atoms with Crippen molar-refractivity contribution >= 4 is 27.2 Å². The fourth-order valence-corrected chi connectivity index (χ4v) is 2.03. The summed E-state index contributed by atoms with van der Waals surface area (Å²) in [6, 6.07) is 5.58. The third kappa shape index (κ3) is 1.50. The second kappa shape index (κ2) is 2.97. The SMILES string of the molecule is CC(O)c1nc2cc(N)ccc2s1. The summed E-state index contributed by atoms with van der Waals surface area (Å²) in [6.07, 6.45) is -0.501. The molecule has 0 radical (unpaired) electrons. The Morgan fingerprint density at radius 3 is 3.00 bits per heavy atom. The first-order chi connectivity index (χ1) is 6.16. The number of aliphatic hydroxyl groups is 1. The number of thiazole rings is 1. The summed E-state index contributed by atoms with van der Waals surface area (Å²) in [4.78, 5) is 4.26. The van der Waals surface area contributed by atoms with Crippen molar-refractivity contribution in [2.75, 3.05) is 5.73 Å². The number of nitrogens with zero attached hydrogens (tertiary/aromatic N) is 1. The third-order valence-corrected chi connectivity index (χ3v) is 2.99. The van der Waals surface area contributed by atoms with Crippen LogP contribution in [0.2, 0.25) is 0 Å². The van der Waals surface area contributed by atoms with Gasteiger partial charge in [0.1, 0.15) is 11.1 Å². The molecule has 0 amide bonds. The minimum Gasteiger partial charge on any atom is -0.399 e. The summed E-state index contributed by atoms with van der Waals surface area (Å²) in [5.41, 5.74) is 7.18. The molecule has 1 unspecified atom stereocenters. The predicted octanol–water partition coefficient (Wildman–Crippen LogP) is 1.93. The summed E-state index contributed by atoms with van der Waals surface area (Å²) in [6.45, 7) is 1.71. The highest BCUT2D eigenvalue weighted by atomic mass is 32.1. The molecule has 0 saturated carbocycles. The molecule has 2 aromatic rings. The predicted molar refractivity (Wildman–Crippen MR) is 54.7 cm³/mol. The Balaban J connectivity index is 2.62. The molecule has 3 nitrogen and oxygen atoms in total. The minimum absolute atomic E-state index is 0.501. The van der Waals surface area contributed by atoms with E-state index < -0.39 is 6.10 Å². The lowest BCUT2D eigenvalue weighted by atomic mass is 10.3. The molecule has 68 valence electrons. The van der Waals surface area contributed by atoms with Gasteiger partial charge in [0.15, 0.2) is 0 Å². The first kappa shape index (κ1) is 8.47. The van der Waals surface area contributed by atoms with Crippen molar-refractivity contribution in [1.29, 1.82) is 0 Å². The molecule has 0 aliphatic carbocycles. The summed E-state index contributed by atoms with van der Waals surface area (Å²) in [5, 5.41) is 10.0. The molecule has 1 aromatic carbocycles. The number of nitrogen functional groups attached to an aromatic ring is 1. The van der Waals surface area contributed by atoms with Crippen LogP contribution in [0.15, 0.2) is 18.2 Å². The number of benzene rings is 1. The summed E-state index contributed by atoms with van der Waals surface area (Å²) < 4.78 is 1.06. The molecule has 0 aliphatic rings. The molecule has 1 aromatic heterocycles. The van der Waals surface area contributed by atoms with Crippen LogP contribution in [-0.4, -0.2) is 10.1 Å². The van der Waals surface area contributed by atoms with Crippen LogP contribution in [0.4, 0.5) is 5.69 Å². The number of hydrogen-bond acceptors (Lipinski definition) is 4. The zero-order valence-electron chi connectivity index (χ0n) is 7.19. The van der Waals surface area contributed by atoms with Crippen LogP contribution in [0.25, 0.3) is 10.2 Å². The van der Waals surface area contributed by atoms with Crippen LogP contribution in [0, 0.1) is 0 Å². The molecular formula is C9H10N2OS. The Labute approximate surface area is 79.8 Å². The summed E-state index contributed by atoms with van der Waals surface area (Å²) in [7, 11) is 0. The summed E-state index contributed by atoms with van der Waals surface area (Å²) in [5.74, 6) is 0. The number of anilines is 1. The number of aliphatic hydroxyl groups excluding tert-OH is 1. The van der Waals surface area contributed by atoms with Gasteiger partial charge in [0, 0.05) is 5.69 Å². The second-order valence-electron chi connectivity index (χ2n) is 2.96. The third-order valence-electron chi connectivity index (χ3n) is 1.79. The quantitative estimate of drug-likeness (QED) is 0.682. The average molecular weight is 194 g/mol. The van der Waals surface area contributed by atoms with Crippen LogP contribution in [0.1, 0.15) is 18.0 Å². The zero-order valence-corrected chi connectivity index (χ0v) is 8.01. The average Bonchev–Trinajstić information content (AvgIpc) is 2.46. The van der Waals surface area contributed by atoms with Gasteiger partial charge in [-0.3, -0.25) is 0 Å². The maximum atomic E-state index is 9.31. The molecule has 4 heteroatoms. The van der Waals surface area contributed by atoms with Crippen molar-refractivity contribution in [2.24, 2.45) is 0 Å². The Morgan fingerprint density at radius 2 is 2.31 bits per heavy atom. The monoisotopic (exact) mass is 194 g/mol. The van der Waals surface area contributed by atoms with Crippen molar-refractivity contribution in [3.63, 3.8) is 0 Å². The molecular weight excluding hydrogens is 184 g/mol. The molecule has 0 saturated heterocycles. The highest BCUT2D eigenvalue weighted by Crippen LogP contribution is 2.27. The molecule has 0 bridgehead atoms. The van der Waals surface area contributed by atoms with Crippen LogP contribution < -0.4 is 5.73 Å². The molecule has 0 aliphatic heterocycles. The second-order valence-corrected chi connectivity index (χ2v) is 4.02. The Hall–Kier alpha value is -1.13. The lowest BCUT2D eigenvalue weighted by molar-refractivity contribution is 0.199. The van der Waals surface area contributed by atoms with Gasteiger partial charge in [0.2, 0.25) is 0 Å². The van der Waals surface area contributed by atoms with E-state index in [0.717, 1.165) is 15.2 Å². The molecule has 1 heterocycles. The highest BCUT2D eigenvalue weighted by molar-refractivity contribution is 7.18. The fraction of sp³-hybridized carbons (Fsp3) is 0.222. The molecule has 0 spiro atoms. The maximum Gasteiger partial charge on any atom is 0.122 e. The van der Waals surface area contributed by atoms with Gasteiger partial charge in [-0.05, 0) is 25.1 Å². The topological polar surface area (TPSA) is 59.1 Å². The van der Waals surface area contributed by atoms with E-state index in [0.29, 0.717) is 5.69 Å². The van der Waals surface area contributed by atoms with Gasteiger partial charge in [0.05, 0.1) is 10.2 Å². The van der Waals surface area contributed by atoms with Gasteiger partial charge in [-0.25, -0.2) is 4.98 Å². The van der Waals surface area contributed by atoms with E-state index >= 15 is 0 Å². The molecule has 2 rings (SSSR count). The van der Waals surface area contributed by atoms with E-state index in [-0.39, 0.29) is 0 Å². The number of hydrogen-bond donors (Lipinski definition) is 2. The summed E-state index contributed by atoms with van der Waals surface area (Å²) >= 11 is 1.50. The lowest BCUT2D eigenvalue weighted by Crippen LogP contribution is -1.87. The van der Waals surface area contributed by atoms with Gasteiger partial charge in [0.25, 0.3) is 0 Å². The Kier molecular flexibility index (Phi) is 1.94. The lowest BCUT2D eigenvalue weighted by Gasteiger charge is -1.93. The fourth-order valence-electron chi connectivity index (χ4n) is 1.14. The van der Waals surface area contributed by atoms with Crippen molar-refractivity contribution in [1.82, 2.24) is 4.98 Å². The first-order valence-corrected chi connectivity index (χ1v) is 4.82. The normalized spacial score (nSPS) is 13.4. The van der Waals surface area contributed by atoms with Crippen molar-refractivity contribution in [3.05, 3.63) is 23.2 Å². The van der Waals surface area contributed by atoms with E-state index in [1.807, 2.05) is 18.2 Å². The van der Waals surface area contributed by atoms with Crippen molar-refractivity contribution < 1.29 is 5.11 Å². The Bertz CT molecular complexity index is 436. The smallest absolute Gasteiger partial charge is 0.122 e. The Morgan fingerprint density at radius 1 is 1.54 bits per heavy atom. The number of aromatic nitrogens is 1. The van der Waals surface area contributed by atoms with Crippen LogP contribution in [0.5, 0.6) is 0 Å². The van der Waals surface area contributed by atoms with E-state index in [1.54, 1.807) is 6.92 Å². The number of nitrogens with two attached hydrogens (primary N) is 1. The minimum atomic E-state index is -0.501. The van der Waals surface area contributed by atoms with Gasteiger partial charge >= 0.3 is 0 Å². The van der Waals surface area contributed by atoms with E-state index in [1.165, 1.54) is 11.3 Å². The van der Waals surface area contributed by atoms with Gasteiger partial charge in [-0.2, -0.15) is 0 Å². The van der Waals surface area contributed by atoms with E-state index in [2.05, 4.69) is 4.98 Å². The number of rotatable bonds is 1. The standard InChI is InChI=1S/C9H10N2OS/c1-5(12)9-11-7-4-6(10)2-3-8(7)13-9/h2-5,12H,10H2,1H3. The first-order valence-electron chi connectivity index (χ1n) is 4.01. The van der Waals surface area contributed by atoms with Crippen molar-refractivity contribution in [2.45, 2.75) is 13.0 Å². The van der Waals surface area contributed by atoms with Gasteiger partial charge < -0.3 is 10.8 Å². The van der Waals surface area contributed by atoms with Gasteiger partial charge in [-0.1, -0.05) is 0 Å². The van der Waals surface area contributed by atoms with Crippen LogP contribution in [0.3, 0.4) is 0 Å². The van der Waals surface area contributed by atoms with Crippen LogP contribution in [-0.2, 0) is 0 Å². The van der Waals surface area contributed by atoms with E-state index in [4.69, 9.17) is 5.73 Å². The zero-order chi connectivity index (χ0) is 9.42. The van der Waals surface area contributed by atoms with Crippen molar-refractivity contribution in [3.8, 4) is 0 Å². The van der Waals surface area contributed by atoms with E-state index in [9.17, 15) is 5.11 Å². The highest BCUT2D eigenvalue weighted by Gasteiger charge is 2.07. The van der Waals surface area contributed by atoms with Gasteiger partial charge in [-0.15, -0.1) is 11.3 Å². The molecule has 3 N–H and O–H groups in total. The molecule has 0 fully saturated rings. The number of fused-ring (bicyclic) bond motifs is 1. The largest absolute Gasteiger partial charge is 0.399 e. The maximum absolute atomic E-state index is 9.31. The molecule has 1 atom stereocenters. The molecule has 13 heavy (non-hydrogen) atoms.